The van der Waals surface area contributed by atoms with Gasteiger partial charge in [0.15, 0.2) is 5.78 Å². The molecule has 138 valence electrons. The highest BCUT2D eigenvalue weighted by molar-refractivity contribution is 5.88. The summed E-state index contributed by atoms with van der Waals surface area (Å²) >= 11 is 0. The van der Waals surface area contributed by atoms with Gasteiger partial charge in [0.05, 0.1) is 43.9 Å². The molecule has 2 bridgehead atoms. The van der Waals surface area contributed by atoms with Crippen molar-refractivity contribution in [2.75, 3.05) is 19.7 Å². The van der Waals surface area contributed by atoms with Gasteiger partial charge in [0.2, 0.25) is 0 Å². The average molecular weight is 362 g/mol. The molecule has 5 rings (SSSR count). The molecule has 6 nitrogen and oxygen atoms in total. The summed E-state index contributed by atoms with van der Waals surface area (Å²) in [5, 5.41) is 2.17. The molecule has 2 aromatic heterocycles. The fourth-order valence-corrected chi connectivity index (χ4v) is 4.24. The Morgan fingerprint density at radius 1 is 1.26 bits per heavy atom. The maximum Gasteiger partial charge on any atom is 0.152 e. The molecule has 0 saturated carbocycles. The molecule has 0 aliphatic carbocycles. The molecule has 3 aromatic rings. The maximum atomic E-state index is 12.5. The summed E-state index contributed by atoms with van der Waals surface area (Å²) in [4.78, 5) is 23.5. The van der Waals surface area contributed by atoms with E-state index in [4.69, 9.17) is 4.74 Å². The van der Waals surface area contributed by atoms with E-state index in [1.165, 1.54) is 0 Å². The molecular weight excluding hydrogens is 340 g/mol. The summed E-state index contributed by atoms with van der Waals surface area (Å²) in [6, 6.07) is 8.74. The molecule has 0 spiro atoms. The first-order valence-corrected chi connectivity index (χ1v) is 9.38. The van der Waals surface area contributed by atoms with Gasteiger partial charge in [-0.15, -0.1) is 0 Å². The molecule has 4 heterocycles. The number of hydrogen-bond donors (Lipinski definition) is 0. The largest absolute Gasteiger partial charge is 0.375 e. The minimum atomic E-state index is 0.220. The number of ether oxygens (including phenoxy) is 1. The van der Waals surface area contributed by atoms with Crippen molar-refractivity contribution in [3.05, 3.63) is 48.7 Å². The Bertz CT molecular complexity index is 1010. The molecule has 2 aliphatic rings. The summed E-state index contributed by atoms with van der Waals surface area (Å²) in [7, 11) is 1.99. The molecule has 2 aliphatic heterocycles. The fraction of sp³-hybridized carbons (Fsp3) is 0.381. The molecule has 6 heteroatoms. The summed E-state index contributed by atoms with van der Waals surface area (Å²) in [5.74, 6) is 0.220. The molecular formula is C21H22N4O2. The van der Waals surface area contributed by atoms with Gasteiger partial charge in [0.25, 0.3) is 0 Å². The highest BCUT2D eigenvalue weighted by Crippen LogP contribution is 2.28. The minimum absolute atomic E-state index is 0.220. The number of nitrogens with zero attached hydrogens (tertiary/aromatic N) is 4. The number of pyridine rings is 1. The van der Waals surface area contributed by atoms with Gasteiger partial charge in [-0.3, -0.25) is 14.7 Å². The van der Waals surface area contributed by atoms with Gasteiger partial charge >= 0.3 is 0 Å². The Hall–Kier alpha value is -2.57. The number of ketones is 1. The van der Waals surface area contributed by atoms with Gasteiger partial charge in [-0.25, -0.2) is 4.98 Å². The lowest BCUT2D eigenvalue weighted by molar-refractivity contribution is -0.120. The molecule has 27 heavy (non-hydrogen) atoms. The normalized spacial score (nSPS) is 22.0. The van der Waals surface area contributed by atoms with Crippen LogP contribution in [0.2, 0.25) is 0 Å². The second-order valence-corrected chi connectivity index (χ2v) is 7.62. The highest BCUT2D eigenvalue weighted by atomic mass is 16.5. The number of imidazole rings is 1. The molecule has 0 radical (unpaired) electrons. The zero-order chi connectivity index (χ0) is 18.4. The Kier molecular flexibility index (Phi) is 4.02. The summed E-state index contributed by atoms with van der Waals surface area (Å²) in [6.07, 6.45) is 7.29. The van der Waals surface area contributed by atoms with Crippen LogP contribution in [0.15, 0.2) is 43.0 Å². The second kappa shape index (κ2) is 6.55. The predicted octanol–water partition coefficient (Wildman–Crippen LogP) is 2.22. The molecule has 2 fully saturated rings. The SMILES string of the molecule is Cn1cncc1-c1ccc2cnc(CC(=O)CN3C[C@H]4C[C@@H]3CO4)cc2c1. The van der Waals surface area contributed by atoms with Crippen molar-refractivity contribution in [3.63, 3.8) is 0 Å². The van der Waals surface area contributed by atoms with Crippen molar-refractivity contribution >= 4 is 16.6 Å². The number of aryl methyl sites for hydroxylation is 1. The third-order valence-electron chi connectivity index (χ3n) is 5.66. The predicted molar refractivity (Wildman–Crippen MR) is 102 cm³/mol. The third-order valence-corrected chi connectivity index (χ3v) is 5.66. The van der Waals surface area contributed by atoms with Crippen LogP contribution in [-0.2, 0) is 23.0 Å². The van der Waals surface area contributed by atoms with E-state index in [2.05, 4.69) is 33.1 Å². The number of carbonyl (C=O) groups is 1. The van der Waals surface area contributed by atoms with Gasteiger partial charge in [-0.2, -0.15) is 0 Å². The zero-order valence-electron chi connectivity index (χ0n) is 15.3. The van der Waals surface area contributed by atoms with Crippen LogP contribution < -0.4 is 0 Å². The first kappa shape index (κ1) is 16.6. The lowest BCUT2D eigenvalue weighted by atomic mass is 10.0. The highest BCUT2D eigenvalue weighted by Gasteiger charge is 2.39. The number of morpholine rings is 1. The van der Waals surface area contributed by atoms with Crippen LogP contribution in [0.5, 0.6) is 0 Å². The second-order valence-electron chi connectivity index (χ2n) is 7.62. The average Bonchev–Trinajstić information content (AvgIpc) is 3.38. The van der Waals surface area contributed by atoms with E-state index in [1.807, 2.05) is 30.1 Å². The van der Waals surface area contributed by atoms with Crippen LogP contribution in [0, 0.1) is 0 Å². The van der Waals surface area contributed by atoms with E-state index in [-0.39, 0.29) is 5.78 Å². The molecule has 0 N–H and O–H groups in total. The number of benzene rings is 1. The fourth-order valence-electron chi connectivity index (χ4n) is 4.24. The number of carbonyl (C=O) groups excluding carboxylic acids is 1. The summed E-state index contributed by atoms with van der Waals surface area (Å²) < 4.78 is 7.61. The summed E-state index contributed by atoms with van der Waals surface area (Å²) in [6.45, 7) is 2.15. The van der Waals surface area contributed by atoms with Crippen molar-refractivity contribution < 1.29 is 9.53 Å². The number of Topliss-reactive ketones (excluding diaryl/α,β-unsaturated/α-hetero) is 1. The Balaban J connectivity index is 1.34. The number of fused-ring (bicyclic) bond motifs is 3. The van der Waals surface area contributed by atoms with Gasteiger partial charge in [-0.1, -0.05) is 12.1 Å². The minimum Gasteiger partial charge on any atom is -0.375 e. The summed E-state index contributed by atoms with van der Waals surface area (Å²) in [5.41, 5.74) is 3.01. The molecule has 1 aromatic carbocycles. The van der Waals surface area contributed by atoms with Crippen molar-refractivity contribution in [2.24, 2.45) is 7.05 Å². The van der Waals surface area contributed by atoms with Crippen molar-refractivity contribution in [3.8, 4) is 11.3 Å². The first-order valence-electron chi connectivity index (χ1n) is 9.38. The third kappa shape index (κ3) is 3.15. The van der Waals surface area contributed by atoms with E-state index >= 15 is 0 Å². The Morgan fingerprint density at radius 2 is 2.19 bits per heavy atom. The number of aromatic nitrogens is 3. The quantitative estimate of drug-likeness (QED) is 0.697. The van der Waals surface area contributed by atoms with Gasteiger partial charge in [0.1, 0.15) is 0 Å². The van der Waals surface area contributed by atoms with E-state index in [9.17, 15) is 4.79 Å². The standard InChI is InChI=1S/C21H22N4O2/c1-24-13-22-9-21(24)14-2-3-15-8-23-17(5-16(15)4-14)6-19(26)10-25-11-20-7-18(25)12-27-20/h2-5,8-9,13,18,20H,6-7,10-12H2,1H3/t18-,20-/m1/s1. The van der Waals surface area contributed by atoms with Crippen LogP contribution in [0.1, 0.15) is 12.1 Å². The van der Waals surface area contributed by atoms with E-state index in [1.54, 1.807) is 6.33 Å². The van der Waals surface area contributed by atoms with E-state index in [0.717, 1.165) is 47.3 Å². The van der Waals surface area contributed by atoms with Crippen LogP contribution in [0.25, 0.3) is 22.0 Å². The number of rotatable bonds is 5. The Labute approximate surface area is 157 Å². The van der Waals surface area contributed by atoms with Crippen molar-refractivity contribution in [1.29, 1.82) is 0 Å². The monoisotopic (exact) mass is 362 g/mol. The van der Waals surface area contributed by atoms with Crippen molar-refractivity contribution in [2.45, 2.75) is 25.0 Å². The Morgan fingerprint density at radius 3 is 2.93 bits per heavy atom. The smallest absolute Gasteiger partial charge is 0.152 e. The lowest BCUT2D eigenvalue weighted by Gasteiger charge is -2.25. The van der Waals surface area contributed by atoms with E-state index < -0.39 is 0 Å². The topological polar surface area (TPSA) is 60.2 Å². The number of hydrogen-bond acceptors (Lipinski definition) is 5. The van der Waals surface area contributed by atoms with Crippen LogP contribution >= 0.6 is 0 Å². The van der Waals surface area contributed by atoms with Crippen LogP contribution in [0.4, 0.5) is 0 Å². The van der Waals surface area contributed by atoms with Crippen LogP contribution in [-0.4, -0.2) is 57.1 Å². The molecule has 2 saturated heterocycles. The van der Waals surface area contributed by atoms with Gasteiger partial charge < -0.3 is 9.30 Å². The van der Waals surface area contributed by atoms with Crippen molar-refractivity contribution in [1.82, 2.24) is 19.4 Å². The maximum absolute atomic E-state index is 12.5. The zero-order valence-corrected chi connectivity index (χ0v) is 15.3. The van der Waals surface area contributed by atoms with Crippen LogP contribution in [0.3, 0.4) is 0 Å². The molecule has 0 unspecified atom stereocenters. The first-order chi connectivity index (χ1) is 13.2. The van der Waals surface area contributed by atoms with E-state index in [0.29, 0.717) is 25.1 Å². The molecule has 0 amide bonds. The number of likely N-dealkylation sites (tertiary alicyclic amines) is 1. The van der Waals surface area contributed by atoms with Gasteiger partial charge in [-0.05, 0) is 23.9 Å². The lowest BCUT2D eigenvalue weighted by Crippen LogP contribution is -2.40. The van der Waals surface area contributed by atoms with Gasteiger partial charge in [0, 0.05) is 42.5 Å². The molecule has 2 atom stereocenters.